The average Bonchev–Trinajstić information content (AvgIpc) is 3.60. The summed E-state index contributed by atoms with van der Waals surface area (Å²) < 4.78 is 68.1. The van der Waals surface area contributed by atoms with Gasteiger partial charge >= 0.3 is 39.5 Å². The number of phosphoric acid groups is 2. The van der Waals surface area contributed by atoms with Gasteiger partial charge in [-0.05, 0) is 37.5 Å². The fourth-order valence-corrected chi connectivity index (χ4v) is 11.8. The van der Waals surface area contributed by atoms with Gasteiger partial charge in [-0.2, -0.15) is 0 Å². The first-order valence-electron chi connectivity index (χ1n) is 35.5. The van der Waals surface area contributed by atoms with E-state index in [1.54, 1.807) is 0 Å². The number of unbranched alkanes of at least 4 members (excludes halogenated alkanes) is 36. The van der Waals surface area contributed by atoms with Crippen molar-refractivity contribution in [3.63, 3.8) is 0 Å². The summed E-state index contributed by atoms with van der Waals surface area (Å²) in [6.07, 6.45) is 44.3. The Balaban J connectivity index is 5.23. The van der Waals surface area contributed by atoms with Crippen molar-refractivity contribution >= 4 is 39.5 Å². The van der Waals surface area contributed by atoms with Gasteiger partial charge in [0.2, 0.25) is 0 Å². The second kappa shape index (κ2) is 60.3. The number of rotatable bonds is 67. The SMILES string of the molecule is CCCCCCCCCCCCCCC(=O)O[C@H](COC(=O)CCCCCCCCCC)COP(=O)(O)OC[C@H](O)COP(=O)(O)OC[C@@H](COC(=O)CCCCCCCCCCC(C)CC)OC(=O)CCCCCCCCCCCCCCC(C)C. The third-order valence-electron chi connectivity index (χ3n) is 16.1. The van der Waals surface area contributed by atoms with Crippen LogP contribution >= 0.6 is 15.6 Å². The van der Waals surface area contributed by atoms with Gasteiger partial charge < -0.3 is 33.8 Å². The Morgan fingerprint density at radius 3 is 0.874 bits per heavy atom. The minimum absolute atomic E-state index is 0.106. The van der Waals surface area contributed by atoms with Crippen LogP contribution in [-0.2, 0) is 65.4 Å². The lowest BCUT2D eigenvalue weighted by Crippen LogP contribution is -2.30. The molecule has 0 saturated heterocycles. The molecular formula is C68H132O17P2. The van der Waals surface area contributed by atoms with Gasteiger partial charge in [0.1, 0.15) is 19.3 Å². The van der Waals surface area contributed by atoms with Gasteiger partial charge in [0.25, 0.3) is 0 Å². The number of carbonyl (C=O) groups is 4. The summed E-state index contributed by atoms with van der Waals surface area (Å²) in [6.45, 7) is 9.52. The van der Waals surface area contributed by atoms with Crippen molar-refractivity contribution in [3.05, 3.63) is 0 Å². The van der Waals surface area contributed by atoms with E-state index in [4.69, 9.17) is 37.0 Å². The Bertz CT molecular complexity index is 1700. The quantitative estimate of drug-likeness (QED) is 0.0222. The highest BCUT2D eigenvalue weighted by atomic mass is 31.2. The Kier molecular flexibility index (Phi) is 59.0. The highest BCUT2D eigenvalue weighted by Crippen LogP contribution is 2.45. The van der Waals surface area contributed by atoms with Crippen LogP contribution in [0.1, 0.15) is 343 Å². The molecule has 3 N–H and O–H groups in total. The lowest BCUT2D eigenvalue weighted by molar-refractivity contribution is -0.161. The number of aliphatic hydroxyl groups excluding tert-OH is 1. The molecule has 17 nitrogen and oxygen atoms in total. The molecular weight excluding hydrogens is 1150 g/mol. The fourth-order valence-electron chi connectivity index (χ4n) is 10.2. The van der Waals surface area contributed by atoms with E-state index in [1.165, 1.54) is 154 Å². The number of phosphoric ester groups is 2. The number of carbonyl (C=O) groups excluding carboxylic acids is 4. The zero-order chi connectivity index (χ0) is 64.3. The molecule has 0 saturated carbocycles. The molecule has 0 fully saturated rings. The highest BCUT2D eigenvalue weighted by Gasteiger charge is 2.30. The molecule has 0 spiro atoms. The van der Waals surface area contributed by atoms with Gasteiger partial charge in [-0.1, -0.05) is 292 Å². The first kappa shape index (κ1) is 85.1. The average molecular weight is 1280 g/mol. The Morgan fingerprint density at radius 2 is 0.586 bits per heavy atom. The van der Waals surface area contributed by atoms with Crippen LogP contribution < -0.4 is 0 Å². The minimum Gasteiger partial charge on any atom is -0.462 e. The Morgan fingerprint density at radius 1 is 0.333 bits per heavy atom. The molecule has 0 rings (SSSR count). The Labute approximate surface area is 530 Å². The van der Waals surface area contributed by atoms with Crippen molar-refractivity contribution in [2.45, 2.75) is 362 Å². The summed E-state index contributed by atoms with van der Waals surface area (Å²) >= 11 is 0. The van der Waals surface area contributed by atoms with Crippen molar-refractivity contribution in [3.8, 4) is 0 Å². The first-order valence-corrected chi connectivity index (χ1v) is 38.5. The number of esters is 4. The van der Waals surface area contributed by atoms with Crippen LogP contribution in [0.5, 0.6) is 0 Å². The van der Waals surface area contributed by atoms with Crippen molar-refractivity contribution in [2.24, 2.45) is 11.8 Å². The molecule has 0 aromatic rings. The maximum absolute atomic E-state index is 13.0. The van der Waals surface area contributed by atoms with Crippen LogP contribution in [0.2, 0.25) is 0 Å². The maximum Gasteiger partial charge on any atom is 0.472 e. The van der Waals surface area contributed by atoms with Crippen LogP contribution in [0.25, 0.3) is 0 Å². The standard InChI is InChI=1S/C68H132O17P2/c1-7-10-12-14-16-18-19-23-26-34-40-46-52-67(72)84-63(56-78-65(70)50-44-38-32-17-15-13-11-8-2)58-82-86(74,75)80-54-62(69)55-81-87(76,77)83-59-64(57-79-66(71)51-45-39-33-29-28-31-37-43-49-61(6)9-3)85-68(73)53-47-41-35-27-24-21-20-22-25-30-36-42-48-60(4)5/h60-64,69H,7-59H2,1-6H3,(H,74,75)(H,76,77)/t61?,62-,63+,64+/m0/s1. The normalized spacial score (nSPS) is 14.5. The summed E-state index contributed by atoms with van der Waals surface area (Å²) in [6, 6.07) is 0. The Hall–Kier alpha value is -1.94. The minimum atomic E-state index is -4.95. The molecule has 516 valence electrons. The highest BCUT2D eigenvalue weighted by molar-refractivity contribution is 7.47. The third kappa shape index (κ3) is 61.3. The molecule has 0 heterocycles. The summed E-state index contributed by atoms with van der Waals surface area (Å²) in [5, 5.41) is 10.6. The van der Waals surface area contributed by atoms with Crippen LogP contribution in [0.15, 0.2) is 0 Å². The molecule has 0 bridgehead atoms. The maximum atomic E-state index is 13.0. The topological polar surface area (TPSA) is 237 Å². The van der Waals surface area contributed by atoms with E-state index in [0.717, 1.165) is 108 Å². The van der Waals surface area contributed by atoms with E-state index in [0.29, 0.717) is 25.7 Å². The van der Waals surface area contributed by atoms with Gasteiger partial charge in [-0.25, -0.2) is 9.13 Å². The van der Waals surface area contributed by atoms with Crippen LogP contribution in [0.4, 0.5) is 0 Å². The fraction of sp³-hybridized carbons (Fsp3) is 0.941. The zero-order valence-corrected chi connectivity index (χ0v) is 58.1. The molecule has 19 heteroatoms. The molecule has 0 aromatic carbocycles. The molecule has 0 aliphatic heterocycles. The molecule has 0 radical (unpaired) electrons. The monoisotopic (exact) mass is 1280 g/mol. The molecule has 3 unspecified atom stereocenters. The summed E-state index contributed by atoms with van der Waals surface area (Å²) in [7, 11) is -9.89. The van der Waals surface area contributed by atoms with Gasteiger partial charge in [0.15, 0.2) is 12.2 Å². The number of aliphatic hydroxyl groups is 1. The summed E-state index contributed by atoms with van der Waals surface area (Å²) in [5.74, 6) is -0.574. The van der Waals surface area contributed by atoms with Crippen LogP contribution in [-0.4, -0.2) is 96.7 Å². The zero-order valence-electron chi connectivity index (χ0n) is 56.3. The van der Waals surface area contributed by atoms with Crippen molar-refractivity contribution in [1.29, 1.82) is 0 Å². The largest absolute Gasteiger partial charge is 0.472 e. The van der Waals surface area contributed by atoms with Crippen molar-refractivity contribution in [1.82, 2.24) is 0 Å². The second-order valence-corrected chi connectivity index (χ2v) is 28.2. The van der Waals surface area contributed by atoms with E-state index in [1.807, 2.05) is 0 Å². The van der Waals surface area contributed by atoms with E-state index in [9.17, 15) is 43.2 Å². The second-order valence-electron chi connectivity index (χ2n) is 25.3. The predicted octanol–water partition coefficient (Wildman–Crippen LogP) is 19.2. The predicted molar refractivity (Wildman–Crippen MR) is 349 cm³/mol. The molecule has 6 atom stereocenters. The lowest BCUT2D eigenvalue weighted by atomic mass is 9.99. The van der Waals surface area contributed by atoms with E-state index in [-0.39, 0.29) is 25.7 Å². The van der Waals surface area contributed by atoms with Gasteiger partial charge in [0, 0.05) is 25.7 Å². The van der Waals surface area contributed by atoms with Gasteiger partial charge in [-0.15, -0.1) is 0 Å². The van der Waals surface area contributed by atoms with E-state index in [2.05, 4.69) is 41.5 Å². The molecule has 0 aliphatic rings. The molecule has 0 aromatic heterocycles. The first-order chi connectivity index (χ1) is 41.9. The summed E-state index contributed by atoms with van der Waals surface area (Å²) in [5.41, 5.74) is 0. The van der Waals surface area contributed by atoms with Gasteiger partial charge in [0.05, 0.1) is 26.4 Å². The van der Waals surface area contributed by atoms with Crippen molar-refractivity contribution in [2.75, 3.05) is 39.6 Å². The summed E-state index contributed by atoms with van der Waals surface area (Å²) in [4.78, 5) is 72.4. The lowest BCUT2D eigenvalue weighted by Gasteiger charge is -2.21. The van der Waals surface area contributed by atoms with Gasteiger partial charge in [-0.3, -0.25) is 37.3 Å². The third-order valence-corrected chi connectivity index (χ3v) is 18.0. The number of ether oxygens (including phenoxy) is 4. The molecule has 0 aliphatic carbocycles. The molecule has 0 amide bonds. The van der Waals surface area contributed by atoms with Crippen LogP contribution in [0.3, 0.4) is 0 Å². The van der Waals surface area contributed by atoms with E-state index >= 15 is 0 Å². The smallest absolute Gasteiger partial charge is 0.462 e. The van der Waals surface area contributed by atoms with Crippen LogP contribution in [0, 0.1) is 11.8 Å². The number of hydrogen-bond donors (Lipinski definition) is 3. The van der Waals surface area contributed by atoms with Crippen molar-refractivity contribution < 1.29 is 80.2 Å². The van der Waals surface area contributed by atoms with E-state index < -0.39 is 97.5 Å². The molecule has 87 heavy (non-hydrogen) atoms. The number of hydrogen-bond acceptors (Lipinski definition) is 15.